The Hall–Kier alpha value is -0.900. The summed E-state index contributed by atoms with van der Waals surface area (Å²) in [6.07, 6.45) is 0. The summed E-state index contributed by atoms with van der Waals surface area (Å²) in [5, 5.41) is 1.32. The number of hydrogen-bond acceptors (Lipinski definition) is 2. The molecule has 0 unspecified atom stereocenters. The number of nitrogen functional groups attached to an aromatic ring is 1. The van der Waals surface area contributed by atoms with Crippen LogP contribution in [0, 0.1) is 0 Å². The molecule has 0 radical (unpaired) electrons. The number of quaternary nitrogens is 1. The Morgan fingerprint density at radius 3 is 2.29 bits per heavy atom. The van der Waals surface area contributed by atoms with Crippen LogP contribution < -0.4 is 5.73 Å². The van der Waals surface area contributed by atoms with Gasteiger partial charge in [0.25, 0.3) is 0 Å². The topological polar surface area (TPSA) is 29.3 Å². The summed E-state index contributed by atoms with van der Waals surface area (Å²) in [5.41, 5.74) is 7.59. The summed E-state index contributed by atoms with van der Waals surface area (Å²) in [6, 6.07) is 7.80. The lowest BCUT2D eigenvalue weighted by Crippen LogP contribution is -2.38. The van der Waals surface area contributed by atoms with Crippen LogP contribution in [0.2, 0.25) is 0 Å². The molecule has 1 aliphatic heterocycles. The molecule has 1 aromatic rings. The van der Waals surface area contributed by atoms with Gasteiger partial charge in [0.2, 0.25) is 5.16 Å². The van der Waals surface area contributed by atoms with Crippen molar-refractivity contribution in [2.75, 3.05) is 26.5 Å². The molecule has 0 saturated carbocycles. The number of hydrogen-bond donors (Lipinski definition) is 1. The molecule has 0 aromatic heterocycles. The maximum Gasteiger partial charge on any atom is 0.238 e. The molecule has 0 aliphatic carbocycles. The van der Waals surface area contributed by atoms with Gasteiger partial charge in [-0.25, -0.2) is 0 Å². The Labute approximate surface area is 112 Å². The van der Waals surface area contributed by atoms with Gasteiger partial charge in [0, 0.05) is 12.2 Å². The monoisotopic (exact) mass is 272 g/mol. The summed E-state index contributed by atoms with van der Waals surface area (Å²) >= 11 is 12.4. The zero-order valence-electron chi connectivity index (χ0n) is 9.95. The van der Waals surface area contributed by atoms with E-state index in [4.69, 9.17) is 28.9 Å². The maximum absolute atomic E-state index is 6.23. The molecule has 0 atom stereocenters. The molecular weight excluding hydrogens is 257 g/mol. The fourth-order valence-electron chi connectivity index (χ4n) is 1.89. The van der Waals surface area contributed by atoms with Gasteiger partial charge in [-0.15, -0.1) is 0 Å². The minimum Gasteiger partial charge on any atom is -0.399 e. The van der Waals surface area contributed by atoms with Crippen LogP contribution in [-0.2, 0) is 6.54 Å². The van der Waals surface area contributed by atoms with Crippen LogP contribution in [0.5, 0.6) is 0 Å². The van der Waals surface area contributed by atoms with Gasteiger partial charge in [-0.05, 0) is 29.3 Å². The lowest BCUT2D eigenvalue weighted by atomic mass is 10.2. The molecule has 0 spiro atoms. The molecule has 1 aromatic carbocycles. The molecule has 3 nitrogen and oxygen atoms in total. The SMILES string of the molecule is C[N+]1(C)CN(Cc2ccc(N)cc2)C(Cl)=C1Cl. The van der Waals surface area contributed by atoms with E-state index in [9.17, 15) is 0 Å². The zero-order valence-corrected chi connectivity index (χ0v) is 11.5. The van der Waals surface area contributed by atoms with Crippen molar-refractivity contribution in [1.82, 2.24) is 4.90 Å². The summed E-state index contributed by atoms with van der Waals surface area (Å²) in [7, 11) is 4.07. The predicted molar refractivity (Wildman–Crippen MR) is 72.1 cm³/mol. The van der Waals surface area contributed by atoms with Crippen molar-refractivity contribution in [2.24, 2.45) is 0 Å². The van der Waals surface area contributed by atoms with E-state index in [0.717, 1.165) is 18.9 Å². The van der Waals surface area contributed by atoms with E-state index < -0.39 is 0 Å². The molecule has 0 fully saturated rings. The van der Waals surface area contributed by atoms with Gasteiger partial charge in [0.15, 0.2) is 11.8 Å². The number of anilines is 1. The van der Waals surface area contributed by atoms with Crippen molar-refractivity contribution in [3.63, 3.8) is 0 Å². The summed E-state index contributed by atoms with van der Waals surface area (Å²) < 4.78 is 0.593. The molecule has 0 bridgehead atoms. The van der Waals surface area contributed by atoms with Crippen LogP contribution in [-0.4, -0.2) is 30.1 Å². The molecular formula is C12H16Cl2N3+. The molecule has 2 N–H and O–H groups in total. The van der Waals surface area contributed by atoms with Crippen molar-refractivity contribution in [3.8, 4) is 0 Å². The summed E-state index contributed by atoms with van der Waals surface area (Å²) in [6.45, 7) is 1.53. The van der Waals surface area contributed by atoms with Gasteiger partial charge < -0.3 is 10.6 Å². The Balaban J connectivity index is 2.14. The first kappa shape index (κ1) is 12.6. The van der Waals surface area contributed by atoms with Gasteiger partial charge in [-0.2, -0.15) is 0 Å². The van der Waals surface area contributed by atoms with E-state index in [1.807, 2.05) is 38.4 Å². The van der Waals surface area contributed by atoms with Crippen LogP contribution in [0.3, 0.4) is 0 Å². The van der Waals surface area contributed by atoms with E-state index in [-0.39, 0.29) is 0 Å². The largest absolute Gasteiger partial charge is 0.399 e. The van der Waals surface area contributed by atoms with E-state index in [0.29, 0.717) is 14.8 Å². The molecule has 1 heterocycles. The Kier molecular flexibility index (Phi) is 3.25. The summed E-state index contributed by atoms with van der Waals surface area (Å²) in [4.78, 5) is 2.06. The van der Waals surface area contributed by atoms with Gasteiger partial charge >= 0.3 is 0 Å². The predicted octanol–water partition coefficient (Wildman–Crippen LogP) is 2.72. The highest BCUT2D eigenvalue weighted by atomic mass is 35.5. The third-order valence-corrected chi connectivity index (χ3v) is 4.01. The fraction of sp³-hybridized carbons (Fsp3) is 0.333. The van der Waals surface area contributed by atoms with E-state index in [2.05, 4.69) is 4.90 Å². The molecule has 17 heavy (non-hydrogen) atoms. The highest BCUT2D eigenvalue weighted by molar-refractivity contribution is 6.38. The highest BCUT2D eigenvalue weighted by Gasteiger charge is 2.36. The van der Waals surface area contributed by atoms with Gasteiger partial charge in [-0.1, -0.05) is 23.7 Å². The second-order valence-corrected chi connectivity index (χ2v) is 5.56. The maximum atomic E-state index is 6.23. The van der Waals surface area contributed by atoms with Crippen LogP contribution in [0.4, 0.5) is 5.69 Å². The third-order valence-electron chi connectivity index (χ3n) is 2.86. The Bertz CT molecular complexity index is 451. The lowest BCUT2D eigenvalue weighted by Gasteiger charge is -2.25. The molecule has 0 saturated heterocycles. The highest BCUT2D eigenvalue weighted by Crippen LogP contribution is 2.34. The Morgan fingerprint density at radius 2 is 1.82 bits per heavy atom. The molecule has 1 aliphatic rings. The average Bonchev–Trinajstić information content (AvgIpc) is 2.46. The van der Waals surface area contributed by atoms with E-state index >= 15 is 0 Å². The lowest BCUT2D eigenvalue weighted by molar-refractivity contribution is -0.847. The van der Waals surface area contributed by atoms with Crippen LogP contribution in [0.1, 0.15) is 5.56 Å². The molecule has 0 amide bonds. The smallest absolute Gasteiger partial charge is 0.238 e. The minimum absolute atomic E-state index is 0.593. The normalized spacial score (nSPS) is 18.9. The number of nitrogens with zero attached hydrogens (tertiary/aromatic N) is 2. The van der Waals surface area contributed by atoms with Crippen molar-refractivity contribution >= 4 is 28.9 Å². The Morgan fingerprint density at radius 1 is 1.24 bits per heavy atom. The van der Waals surface area contributed by atoms with Crippen LogP contribution in [0.25, 0.3) is 0 Å². The first-order valence-corrected chi connectivity index (χ1v) is 6.14. The number of nitrogens with two attached hydrogens (primary N) is 1. The quantitative estimate of drug-likeness (QED) is 0.510. The second-order valence-electron chi connectivity index (χ2n) is 4.85. The molecule has 2 rings (SSSR count). The molecule has 5 heteroatoms. The first-order valence-electron chi connectivity index (χ1n) is 5.38. The van der Waals surface area contributed by atoms with Gasteiger partial charge in [-0.3, -0.25) is 4.48 Å². The standard InChI is InChI=1S/C12H16Cl2N3/c1-17(2)8-16(11(13)12(17)14)7-9-3-5-10(15)6-4-9/h3-6H,7-8,15H2,1-2H3/q+1. The second kappa shape index (κ2) is 4.41. The van der Waals surface area contributed by atoms with E-state index in [1.54, 1.807) is 0 Å². The zero-order chi connectivity index (χ0) is 12.6. The van der Waals surface area contributed by atoms with Crippen LogP contribution in [0.15, 0.2) is 34.6 Å². The minimum atomic E-state index is 0.593. The average molecular weight is 273 g/mol. The number of rotatable bonds is 2. The molecule has 92 valence electrons. The number of benzene rings is 1. The third kappa shape index (κ3) is 2.51. The summed E-state index contributed by atoms with van der Waals surface area (Å²) in [5.74, 6) is 0. The van der Waals surface area contributed by atoms with Crippen molar-refractivity contribution < 1.29 is 4.48 Å². The van der Waals surface area contributed by atoms with Crippen LogP contribution >= 0.6 is 23.2 Å². The van der Waals surface area contributed by atoms with Crippen molar-refractivity contribution in [1.29, 1.82) is 0 Å². The van der Waals surface area contributed by atoms with Gasteiger partial charge in [0.05, 0.1) is 14.1 Å². The van der Waals surface area contributed by atoms with Crippen molar-refractivity contribution in [2.45, 2.75) is 6.54 Å². The van der Waals surface area contributed by atoms with E-state index in [1.165, 1.54) is 5.56 Å². The first-order chi connectivity index (χ1) is 7.90. The van der Waals surface area contributed by atoms with Gasteiger partial charge in [0.1, 0.15) is 0 Å². The fourth-order valence-corrected chi connectivity index (χ4v) is 2.41. The number of halogens is 2. The van der Waals surface area contributed by atoms with Crippen molar-refractivity contribution in [3.05, 3.63) is 40.1 Å².